The molecule has 0 aliphatic carbocycles. The average Bonchev–Trinajstić information content (AvgIpc) is 2.65. The van der Waals surface area contributed by atoms with Crippen LogP contribution in [0.3, 0.4) is 0 Å². The van der Waals surface area contributed by atoms with E-state index in [9.17, 15) is 0 Å². The van der Waals surface area contributed by atoms with Crippen LogP contribution in [-0.2, 0) is 0 Å². The highest BCUT2D eigenvalue weighted by atomic mass is 35.5. The smallest absolute Gasteiger partial charge is 0.0835 e. The maximum Gasteiger partial charge on any atom is 0.0835 e. The summed E-state index contributed by atoms with van der Waals surface area (Å²) in [7, 11) is 0. The van der Waals surface area contributed by atoms with Gasteiger partial charge in [-0.05, 0) is 31.2 Å². The lowest BCUT2D eigenvalue weighted by Crippen LogP contribution is -2.12. The van der Waals surface area contributed by atoms with Crippen LogP contribution in [0.4, 0.5) is 0 Å². The zero-order valence-electron chi connectivity index (χ0n) is 8.27. The van der Waals surface area contributed by atoms with Crippen molar-refractivity contribution in [3.05, 3.63) is 50.9 Å². The number of aromatic nitrogens is 1. The summed E-state index contributed by atoms with van der Waals surface area (Å²) in [5.41, 5.74) is 6.83. The van der Waals surface area contributed by atoms with Crippen LogP contribution >= 0.6 is 22.9 Å². The Morgan fingerprint density at radius 3 is 2.80 bits per heavy atom. The molecule has 2 aromatic rings. The molecule has 0 aliphatic heterocycles. The van der Waals surface area contributed by atoms with Crippen LogP contribution in [0.2, 0.25) is 5.02 Å². The molecule has 0 fully saturated rings. The first-order valence-corrected chi connectivity index (χ1v) is 5.80. The highest BCUT2D eigenvalue weighted by Crippen LogP contribution is 2.28. The SMILES string of the molecule is Cc1ccc(C(N)c2ncccc2Cl)s1. The van der Waals surface area contributed by atoms with E-state index in [1.165, 1.54) is 4.88 Å². The van der Waals surface area contributed by atoms with Gasteiger partial charge in [0.15, 0.2) is 0 Å². The van der Waals surface area contributed by atoms with Gasteiger partial charge in [0.2, 0.25) is 0 Å². The summed E-state index contributed by atoms with van der Waals surface area (Å²) in [6, 6.07) is 7.46. The Morgan fingerprint density at radius 2 is 2.20 bits per heavy atom. The number of hydrogen-bond donors (Lipinski definition) is 1. The summed E-state index contributed by atoms with van der Waals surface area (Å²) in [6.07, 6.45) is 1.71. The molecule has 0 radical (unpaired) electrons. The average molecular weight is 239 g/mol. The van der Waals surface area contributed by atoms with Crippen molar-refractivity contribution in [2.24, 2.45) is 5.73 Å². The molecule has 2 aromatic heterocycles. The molecule has 0 aliphatic rings. The van der Waals surface area contributed by atoms with E-state index in [2.05, 4.69) is 18.0 Å². The van der Waals surface area contributed by atoms with E-state index >= 15 is 0 Å². The first-order valence-electron chi connectivity index (χ1n) is 4.61. The normalized spacial score (nSPS) is 12.7. The Hall–Kier alpha value is -0.900. The molecule has 0 amide bonds. The van der Waals surface area contributed by atoms with Gasteiger partial charge in [-0.25, -0.2) is 0 Å². The molecule has 15 heavy (non-hydrogen) atoms. The number of pyridine rings is 1. The van der Waals surface area contributed by atoms with Gasteiger partial charge in [0, 0.05) is 16.0 Å². The van der Waals surface area contributed by atoms with Crippen LogP contribution in [0.25, 0.3) is 0 Å². The zero-order valence-corrected chi connectivity index (χ0v) is 9.85. The monoisotopic (exact) mass is 238 g/mol. The number of thiophene rings is 1. The van der Waals surface area contributed by atoms with Crippen LogP contribution in [0.1, 0.15) is 21.5 Å². The van der Waals surface area contributed by atoms with E-state index in [0.717, 1.165) is 10.6 Å². The minimum atomic E-state index is -0.225. The van der Waals surface area contributed by atoms with E-state index in [0.29, 0.717) is 5.02 Å². The van der Waals surface area contributed by atoms with Crippen molar-refractivity contribution < 1.29 is 0 Å². The largest absolute Gasteiger partial charge is 0.318 e. The van der Waals surface area contributed by atoms with Crippen LogP contribution in [0, 0.1) is 6.92 Å². The molecule has 1 unspecified atom stereocenters. The van der Waals surface area contributed by atoms with Gasteiger partial charge < -0.3 is 5.73 Å². The second-order valence-electron chi connectivity index (χ2n) is 3.30. The van der Waals surface area contributed by atoms with Crippen LogP contribution in [0.15, 0.2) is 30.5 Å². The third kappa shape index (κ3) is 2.20. The van der Waals surface area contributed by atoms with Crippen molar-refractivity contribution in [1.82, 2.24) is 4.98 Å². The predicted octanol–water partition coefficient (Wildman–Crippen LogP) is 3.15. The summed E-state index contributed by atoms with van der Waals surface area (Å²) >= 11 is 7.71. The molecular formula is C11H11ClN2S. The molecule has 0 aromatic carbocycles. The molecule has 78 valence electrons. The number of rotatable bonds is 2. The summed E-state index contributed by atoms with van der Waals surface area (Å²) < 4.78 is 0. The number of aryl methyl sites for hydroxylation is 1. The molecular weight excluding hydrogens is 228 g/mol. The maximum atomic E-state index is 6.09. The molecule has 2 heterocycles. The second-order valence-corrected chi connectivity index (χ2v) is 5.02. The van der Waals surface area contributed by atoms with E-state index in [4.69, 9.17) is 17.3 Å². The summed E-state index contributed by atoms with van der Waals surface area (Å²) in [5, 5.41) is 0.621. The van der Waals surface area contributed by atoms with Gasteiger partial charge in [0.05, 0.1) is 16.8 Å². The Morgan fingerprint density at radius 1 is 1.40 bits per heavy atom. The zero-order chi connectivity index (χ0) is 10.8. The Balaban J connectivity index is 2.36. The van der Waals surface area contributed by atoms with Crippen LogP contribution in [0.5, 0.6) is 0 Å². The molecule has 2 nitrogen and oxygen atoms in total. The highest BCUT2D eigenvalue weighted by Gasteiger charge is 2.14. The first kappa shape index (κ1) is 10.6. The van der Waals surface area contributed by atoms with Crippen molar-refractivity contribution in [2.45, 2.75) is 13.0 Å². The molecule has 0 saturated heterocycles. The number of nitrogens with two attached hydrogens (primary N) is 1. The van der Waals surface area contributed by atoms with Gasteiger partial charge in [-0.15, -0.1) is 11.3 Å². The van der Waals surface area contributed by atoms with Crippen molar-refractivity contribution in [1.29, 1.82) is 0 Å². The van der Waals surface area contributed by atoms with E-state index in [1.807, 2.05) is 12.1 Å². The fourth-order valence-corrected chi connectivity index (χ4v) is 2.50. The van der Waals surface area contributed by atoms with Gasteiger partial charge in [0.25, 0.3) is 0 Å². The van der Waals surface area contributed by atoms with Crippen LogP contribution < -0.4 is 5.73 Å². The van der Waals surface area contributed by atoms with Gasteiger partial charge in [-0.3, -0.25) is 4.98 Å². The van der Waals surface area contributed by atoms with Gasteiger partial charge in [-0.1, -0.05) is 11.6 Å². The molecule has 0 bridgehead atoms. The predicted molar refractivity (Wildman–Crippen MR) is 64.3 cm³/mol. The standard InChI is InChI=1S/C11H11ClN2S/c1-7-4-5-9(15-7)10(13)11-8(12)3-2-6-14-11/h2-6,10H,13H2,1H3. The fraction of sp³-hybridized carbons (Fsp3) is 0.182. The molecule has 0 saturated carbocycles. The quantitative estimate of drug-likeness (QED) is 0.873. The van der Waals surface area contributed by atoms with Crippen molar-refractivity contribution >= 4 is 22.9 Å². The topological polar surface area (TPSA) is 38.9 Å². The van der Waals surface area contributed by atoms with Gasteiger partial charge >= 0.3 is 0 Å². The minimum Gasteiger partial charge on any atom is -0.318 e. The lowest BCUT2D eigenvalue weighted by atomic mass is 10.1. The second kappa shape index (κ2) is 4.31. The minimum absolute atomic E-state index is 0.225. The van der Waals surface area contributed by atoms with Gasteiger partial charge in [0.1, 0.15) is 0 Å². The lowest BCUT2D eigenvalue weighted by Gasteiger charge is -2.09. The summed E-state index contributed by atoms with van der Waals surface area (Å²) in [4.78, 5) is 6.55. The van der Waals surface area contributed by atoms with E-state index in [-0.39, 0.29) is 6.04 Å². The third-order valence-corrected chi connectivity index (χ3v) is 3.55. The van der Waals surface area contributed by atoms with Crippen molar-refractivity contribution in [2.75, 3.05) is 0 Å². The Kier molecular flexibility index (Phi) is 3.05. The van der Waals surface area contributed by atoms with Gasteiger partial charge in [-0.2, -0.15) is 0 Å². The summed E-state index contributed by atoms with van der Waals surface area (Å²) in [5.74, 6) is 0. The van der Waals surface area contributed by atoms with E-state index in [1.54, 1.807) is 23.6 Å². The lowest BCUT2D eigenvalue weighted by molar-refractivity contribution is 0.847. The molecule has 0 spiro atoms. The number of hydrogen-bond acceptors (Lipinski definition) is 3. The van der Waals surface area contributed by atoms with E-state index < -0.39 is 0 Å². The van der Waals surface area contributed by atoms with Crippen LogP contribution in [-0.4, -0.2) is 4.98 Å². The summed E-state index contributed by atoms with van der Waals surface area (Å²) in [6.45, 7) is 2.06. The Bertz CT molecular complexity index is 467. The molecule has 4 heteroatoms. The molecule has 1 atom stereocenters. The van der Waals surface area contributed by atoms with Crippen molar-refractivity contribution in [3.8, 4) is 0 Å². The van der Waals surface area contributed by atoms with Crippen molar-refractivity contribution in [3.63, 3.8) is 0 Å². The third-order valence-electron chi connectivity index (χ3n) is 2.15. The number of halogens is 1. The maximum absolute atomic E-state index is 6.09. The fourth-order valence-electron chi connectivity index (χ4n) is 1.38. The Labute approximate surface area is 97.7 Å². The highest BCUT2D eigenvalue weighted by molar-refractivity contribution is 7.12. The number of nitrogens with zero attached hydrogens (tertiary/aromatic N) is 1. The molecule has 2 rings (SSSR count). The molecule has 2 N–H and O–H groups in total. The first-order chi connectivity index (χ1) is 7.18.